The number of aromatic carboxylic acids is 1. The number of rotatable bonds is 4. The lowest BCUT2D eigenvalue weighted by atomic mass is 10.1. The fourth-order valence-electron chi connectivity index (χ4n) is 1.28. The van der Waals surface area contributed by atoms with Crippen LogP contribution in [0, 0.1) is 44.4 Å². The van der Waals surface area contributed by atoms with Crippen LogP contribution in [0.15, 0.2) is 17.8 Å². The first-order chi connectivity index (χ1) is 9.83. The number of halogens is 2. The highest BCUT2D eigenvalue weighted by Gasteiger charge is 2.27. The molecule has 0 unspecified atom stereocenters. The third-order valence-corrected chi connectivity index (χ3v) is 2.21. The summed E-state index contributed by atoms with van der Waals surface area (Å²) in [6, 6.07) is 3.11. The van der Waals surface area contributed by atoms with Gasteiger partial charge in [0, 0.05) is 12.3 Å². The second-order valence-electron chi connectivity index (χ2n) is 3.43. The first-order valence-corrected chi connectivity index (χ1v) is 5.00. The van der Waals surface area contributed by atoms with Crippen molar-refractivity contribution in [3.8, 4) is 12.1 Å². The summed E-state index contributed by atoms with van der Waals surface area (Å²) in [5, 5.41) is 38.3. The standard InChI is InChI=1S/C11H4F2N4O4/c12-8-6(11(18)19)1-7(17(20)21)10(9(8)13)16-4-5(2-14)3-15/h1,4,16H,(H,18,19). The Morgan fingerprint density at radius 2 is 1.95 bits per heavy atom. The number of allylic oxidation sites excluding steroid dienone is 1. The van der Waals surface area contributed by atoms with Gasteiger partial charge in [-0.25, -0.2) is 13.6 Å². The van der Waals surface area contributed by atoms with Crippen LogP contribution in [0.5, 0.6) is 0 Å². The number of carbonyl (C=O) groups is 1. The number of anilines is 1. The average molecular weight is 294 g/mol. The number of nitrogens with zero attached hydrogens (tertiary/aromatic N) is 3. The summed E-state index contributed by atoms with van der Waals surface area (Å²) < 4.78 is 27.2. The molecular formula is C11H4F2N4O4. The molecule has 0 atom stereocenters. The molecule has 1 rings (SSSR count). The second kappa shape index (κ2) is 6.08. The van der Waals surface area contributed by atoms with E-state index in [9.17, 15) is 23.7 Å². The molecule has 21 heavy (non-hydrogen) atoms. The SMILES string of the molecule is N#CC(C#N)=CNc1c([N+](=O)[O-])cc(C(=O)O)c(F)c1F. The summed E-state index contributed by atoms with van der Waals surface area (Å²) in [5.74, 6) is -5.50. The summed E-state index contributed by atoms with van der Waals surface area (Å²) in [6.07, 6.45) is 0.630. The van der Waals surface area contributed by atoms with E-state index in [1.54, 1.807) is 0 Å². The van der Waals surface area contributed by atoms with E-state index in [-0.39, 0.29) is 0 Å². The topological polar surface area (TPSA) is 140 Å². The zero-order valence-electron chi connectivity index (χ0n) is 9.92. The molecular weight excluding hydrogens is 290 g/mol. The van der Waals surface area contributed by atoms with E-state index in [1.165, 1.54) is 12.1 Å². The van der Waals surface area contributed by atoms with Crippen molar-refractivity contribution >= 4 is 17.3 Å². The van der Waals surface area contributed by atoms with Crippen LogP contribution in [0.1, 0.15) is 10.4 Å². The highest BCUT2D eigenvalue weighted by Crippen LogP contribution is 2.32. The molecule has 0 aliphatic carbocycles. The van der Waals surface area contributed by atoms with Crippen molar-refractivity contribution < 1.29 is 23.6 Å². The first kappa shape index (κ1) is 15.5. The van der Waals surface area contributed by atoms with Crippen molar-refractivity contribution in [3.63, 3.8) is 0 Å². The van der Waals surface area contributed by atoms with Gasteiger partial charge >= 0.3 is 5.97 Å². The molecule has 0 aromatic heterocycles. The third kappa shape index (κ3) is 3.08. The molecule has 0 heterocycles. The molecule has 0 amide bonds. The Hall–Kier alpha value is -3.53. The molecule has 2 N–H and O–H groups in total. The lowest BCUT2D eigenvalue weighted by Crippen LogP contribution is -2.08. The van der Waals surface area contributed by atoms with Gasteiger partial charge < -0.3 is 10.4 Å². The van der Waals surface area contributed by atoms with Crippen molar-refractivity contribution in [2.45, 2.75) is 0 Å². The Kier molecular flexibility index (Phi) is 4.49. The molecule has 0 saturated heterocycles. The van der Waals surface area contributed by atoms with Crippen molar-refractivity contribution in [3.05, 3.63) is 45.2 Å². The Morgan fingerprint density at radius 1 is 1.38 bits per heavy atom. The van der Waals surface area contributed by atoms with Gasteiger partial charge in [-0.2, -0.15) is 10.5 Å². The van der Waals surface area contributed by atoms with Crippen LogP contribution in [-0.2, 0) is 0 Å². The number of benzene rings is 1. The van der Waals surface area contributed by atoms with Gasteiger partial charge in [-0.1, -0.05) is 0 Å². The van der Waals surface area contributed by atoms with Gasteiger partial charge in [-0.05, 0) is 0 Å². The molecule has 10 heteroatoms. The Labute approximate surface area is 115 Å². The van der Waals surface area contributed by atoms with Crippen LogP contribution in [0.4, 0.5) is 20.2 Å². The molecule has 1 aromatic carbocycles. The van der Waals surface area contributed by atoms with E-state index >= 15 is 0 Å². The Morgan fingerprint density at radius 3 is 2.38 bits per heavy atom. The van der Waals surface area contributed by atoms with Gasteiger partial charge in [0.25, 0.3) is 5.69 Å². The minimum absolute atomic E-state index is 0.329. The predicted octanol–water partition coefficient (Wildman–Crippen LogP) is 1.91. The average Bonchev–Trinajstić information content (AvgIpc) is 2.43. The number of carboxylic acid groups (broad SMARTS) is 1. The number of carboxylic acids is 1. The third-order valence-electron chi connectivity index (χ3n) is 2.21. The maximum absolute atomic E-state index is 13.7. The predicted molar refractivity (Wildman–Crippen MR) is 62.9 cm³/mol. The second-order valence-corrected chi connectivity index (χ2v) is 3.43. The van der Waals surface area contributed by atoms with Crippen LogP contribution >= 0.6 is 0 Å². The fourth-order valence-corrected chi connectivity index (χ4v) is 1.28. The summed E-state index contributed by atoms with van der Waals surface area (Å²) >= 11 is 0. The van der Waals surface area contributed by atoms with E-state index in [0.717, 1.165) is 0 Å². The lowest BCUT2D eigenvalue weighted by Gasteiger charge is -2.07. The van der Waals surface area contributed by atoms with Crippen LogP contribution < -0.4 is 5.32 Å². The number of nitriles is 2. The minimum Gasteiger partial charge on any atom is -0.478 e. The molecule has 0 bridgehead atoms. The molecule has 0 radical (unpaired) electrons. The highest BCUT2D eigenvalue weighted by molar-refractivity contribution is 5.90. The molecule has 0 fully saturated rings. The molecule has 1 aromatic rings. The van der Waals surface area contributed by atoms with Gasteiger partial charge in [-0.3, -0.25) is 10.1 Å². The Balaban J connectivity index is 3.52. The van der Waals surface area contributed by atoms with Crippen molar-refractivity contribution in [2.24, 2.45) is 0 Å². The van der Waals surface area contributed by atoms with Gasteiger partial charge in [-0.15, -0.1) is 0 Å². The zero-order valence-corrected chi connectivity index (χ0v) is 9.92. The van der Waals surface area contributed by atoms with Crippen LogP contribution in [-0.4, -0.2) is 16.0 Å². The maximum Gasteiger partial charge on any atom is 0.339 e. The smallest absolute Gasteiger partial charge is 0.339 e. The van der Waals surface area contributed by atoms with Gasteiger partial charge in [0.05, 0.1) is 4.92 Å². The molecule has 0 aliphatic rings. The fraction of sp³-hybridized carbons (Fsp3) is 0. The maximum atomic E-state index is 13.7. The number of nitrogens with one attached hydrogen (secondary N) is 1. The highest BCUT2D eigenvalue weighted by atomic mass is 19.2. The van der Waals surface area contributed by atoms with Crippen LogP contribution in [0.25, 0.3) is 0 Å². The monoisotopic (exact) mass is 294 g/mol. The van der Waals surface area contributed by atoms with Crippen molar-refractivity contribution in [1.82, 2.24) is 0 Å². The van der Waals surface area contributed by atoms with E-state index in [4.69, 9.17) is 15.6 Å². The quantitative estimate of drug-likeness (QED) is 0.491. The van der Waals surface area contributed by atoms with Crippen molar-refractivity contribution in [1.29, 1.82) is 10.5 Å². The van der Waals surface area contributed by atoms with E-state index in [2.05, 4.69) is 0 Å². The molecule has 0 spiro atoms. The van der Waals surface area contributed by atoms with E-state index in [0.29, 0.717) is 12.3 Å². The van der Waals surface area contributed by atoms with Crippen LogP contribution in [0.2, 0.25) is 0 Å². The van der Waals surface area contributed by atoms with Gasteiger partial charge in [0.1, 0.15) is 23.3 Å². The largest absolute Gasteiger partial charge is 0.478 e. The van der Waals surface area contributed by atoms with Gasteiger partial charge in [0.2, 0.25) is 0 Å². The first-order valence-electron chi connectivity index (χ1n) is 5.00. The number of nitro benzene ring substituents is 1. The number of hydrogen-bond acceptors (Lipinski definition) is 6. The summed E-state index contributed by atoms with van der Waals surface area (Å²) in [7, 11) is 0. The molecule has 0 aliphatic heterocycles. The summed E-state index contributed by atoms with van der Waals surface area (Å²) in [5.41, 5.74) is -3.82. The zero-order chi connectivity index (χ0) is 16.2. The van der Waals surface area contributed by atoms with Gasteiger partial charge in [0.15, 0.2) is 17.3 Å². The molecule has 106 valence electrons. The number of nitro groups is 1. The summed E-state index contributed by atoms with van der Waals surface area (Å²) in [4.78, 5) is 20.3. The van der Waals surface area contributed by atoms with E-state index < -0.39 is 45.0 Å². The Bertz CT molecular complexity index is 730. The number of hydrogen-bond donors (Lipinski definition) is 2. The minimum atomic E-state index is -1.88. The normalized spacial score (nSPS) is 9.14. The van der Waals surface area contributed by atoms with E-state index in [1.807, 2.05) is 5.32 Å². The summed E-state index contributed by atoms with van der Waals surface area (Å²) in [6.45, 7) is 0. The molecule has 0 saturated carbocycles. The van der Waals surface area contributed by atoms with Crippen molar-refractivity contribution in [2.75, 3.05) is 5.32 Å². The van der Waals surface area contributed by atoms with Crippen LogP contribution in [0.3, 0.4) is 0 Å². The molecule has 8 nitrogen and oxygen atoms in total. The lowest BCUT2D eigenvalue weighted by molar-refractivity contribution is -0.384.